The van der Waals surface area contributed by atoms with Crippen LogP contribution in [0.1, 0.15) is 17.3 Å². The van der Waals surface area contributed by atoms with Gasteiger partial charge in [-0.05, 0) is 52.3 Å². The van der Waals surface area contributed by atoms with E-state index in [0.29, 0.717) is 27.4 Å². The van der Waals surface area contributed by atoms with Gasteiger partial charge in [0.2, 0.25) is 5.91 Å². The minimum atomic E-state index is -0.332. The molecule has 0 bridgehead atoms. The molecular weight excluding hydrogens is 390 g/mol. The van der Waals surface area contributed by atoms with E-state index in [2.05, 4.69) is 26.2 Å². The summed E-state index contributed by atoms with van der Waals surface area (Å²) in [7, 11) is 0. The third-order valence-electron chi connectivity index (χ3n) is 3.54. The smallest absolute Gasteiger partial charge is 0.266 e. The molecule has 0 saturated carbocycles. The van der Waals surface area contributed by atoms with E-state index in [0.717, 1.165) is 0 Å². The number of hydrogen-bond donors (Lipinski definition) is 1. The van der Waals surface area contributed by atoms with Crippen molar-refractivity contribution in [2.75, 3.05) is 23.4 Å². The number of Topliss-reactive ketones (excluding diaryl/α,β-unsaturated/α-hetero) is 1. The van der Waals surface area contributed by atoms with Crippen molar-refractivity contribution in [3.63, 3.8) is 0 Å². The van der Waals surface area contributed by atoms with Crippen LogP contribution in [-0.2, 0) is 9.59 Å². The van der Waals surface area contributed by atoms with E-state index >= 15 is 0 Å². The molecule has 0 aliphatic carbocycles. The second-order valence-electron chi connectivity index (χ2n) is 5.41. The lowest BCUT2D eigenvalue weighted by molar-refractivity contribution is -0.121. The molecule has 1 N–H and O–H groups in total. The summed E-state index contributed by atoms with van der Waals surface area (Å²) >= 11 is 3.25. The molecule has 1 aromatic heterocycles. The maximum Gasteiger partial charge on any atom is 0.266 e. The van der Waals surface area contributed by atoms with E-state index in [9.17, 15) is 14.4 Å². The summed E-state index contributed by atoms with van der Waals surface area (Å²) in [5.41, 5.74) is 1.03. The Morgan fingerprint density at radius 2 is 1.96 bits per heavy atom. The molecule has 7 nitrogen and oxygen atoms in total. The Bertz CT molecular complexity index is 851. The summed E-state index contributed by atoms with van der Waals surface area (Å²) < 4.78 is 5.88. The van der Waals surface area contributed by atoms with Gasteiger partial charge in [-0.25, -0.2) is 4.98 Å². The summed E-state index contributed by atoms with van der Waals surface area (Å²) in [6.45, 7) is 1.13. The number of nitrogens with zero attached hydrogens (tertiary/aromatic N) is 2. The number of hydrogen-bond acceptors (Lipinski definition) is 5. The lowest BCUT2D eigenvalue weighted by atomic mass is 10.1. The van der Waals surface area contributed by atoms with Gasteiger partial charge in [0.25, 0.3) is 5.91 Å². The minimum Gasteiger partial charge on any atom is -0.480 e. The lowest BCUT2D eigenvalue weighted by Gasteiger charge is -2.27. The Labute approximate surface area is 152 Å². The van der Waals surface area contributed by atoms with Crippen LogP contribution in [0.4, 0.5) is 11.5 Å². The van der Waals surface area contributed by atoms with Crippen LogP contribution in [0.3, 0.4) is 0 Å². The highest BCUT2D eigenvalue weighted by molar-refractivity contribution is 9.10. The average Bonchev–Trinajstić information content (AvgIpc) is 2.57. The van der Waals surface area contributed by atoms with Gasteiger partial charge >= 0.3 is 0 Å². The number of benzene rings is 1. The molecule has 8 heteroatoms. The zero-order valence-electron chi connectivity index (χ0n) is 13.3. The number of aromatic nitrogens is 1. The van der Waals surface area contributed by atoms with Crippen LogP contribution in [0, 0.1) is 0 Å². The van der Waals surface area contributed by atoms with Crippen LogP contribution in [0.5, 0.6) is 5.75 Å². The fourth-order valence-corrected chi connectivity index (χ4v) is 2.69. The maximum atomic E-state index is 12.5. The normalized spacial score (nSPS) is 13.0. The molecule has 0 spiro atoms. The zero-order chi connectivity index (χ0) is 18.0. The van der Waals surface area contributed by atoms with Crippen molar-refractivity contribution < 1.29 is 19.1 Å². The molecule has 2 heterocycles. The zero-order valence-corrected chi connectivity index (χ0v) is 14.9. The van der Waals surface area contributed by atoms with Crippen LogP contribution >= 0.6 is 15.9 Å². The van der Waals surface area contributed by atoms with Gasteiger partial charge in [-0.1, -0.05) is 0 Å². The molecule has 0 unspecified atom stereocenters. The molecule has 0 radical (unpaired) electrons. The van der Waals surface area contributed by atoms with E-state index in [-0.39, 0.29) is 30.7 Å². The van der Waals surface area contributed by atoms with Gasteiger partial charge in [-0.15, -0.1) is 0 Å². The van der Waals surface area contributed by atoms with Gasteiger partial charge < -0.3 is 10.1 Å². The number of carbonyl (C=O) groups is 3. The lowest BCUT2D eigenvalue weighted by Crippen LogP contribution is -2.42. The molecule has 1 aliphatic rings. The molecule has 0 fully saturated rings. The molecule has 3 rings (SSSR count). The summed E-state index contributed by atoms with van der Waals surface area (Å²) in [4.78, 5) is 41.3. The number of amides is 2. The van der Waals surface area contributed by atoms with Crippen molar-refractivity contribution >= 4 is 45.0 Å². The summed E-state index contributed by atoms with van der Waals surface area (Å²) in [5, 5.41) is 2.63. The first-order valence-electron chi connectivity index (χ1n) is 7.44. The highest BCUT2D eigenvalue weighted by atomic mass is 79.9. The van der Waals surface area contributed by atoms with Crippen LogP contribution in [0.25, 0.3) is 0 Å². The standard InChI is InChI=1S/C17H14BrN3O4/c1-10(22)19-12-4-2-11(3-5-12)13(23)8-21-16(24)9-25-14-6-7-15(18)20-17(14)21/h2-7H,8-9H2,1H3,(H,19,22). The number of pyridine rings is 1. The predicted octanol–water partition coefficient (Wildman–Crippen LogP) is 2.41. The van der Waals surface area contributed by atoms with Crippen molar-refractivity contribution in [1.29, 1.82) is 0 Å². The van der Waals surface area contributed by atoms with Crippen molar-refractivity contribution in [1.82, 2.24) is 4.98 Å². The largest absolute Gasteiger partial charge is 0.480 e. The number of nitrogens with one attached hydrogen (secondary N) is 1. The van der Waals surface area contributed by atoms with Gasteiger partial charge in [0.1, 0.15) is 4.60 Å². The molecule has 0 saturated heterocycles. The minimum absolute atomic E-state index is 0.134. The van der Waals surface area contributed by atoms with Gasteiger partial charge in [-0.2, -0.15) is 0 Å². The van der Waals surface area contributed by atoms with Crippen LogP contribution < -0.4 is 15.0 Å². The van der Waals surface area contributed by atoms with E-state index in [1.165, 1.54) is 11.8 Å². The Kier molecular flexibility index (Phi) is 4.80. The summed E-state index contributed by atoms with van der Waals surface area (Å²) in [5.74, 6) is 0.00960. The molecule has 1 aromatic carbocycles. The number of ether oxygens (including phenoxy) is 1. The van der Waals surface area contributed by atoms with Gasteiger partial charge in [0.05, 0.1) is 6.54 Å². The van der Waals surface area contributed by atoms with Crippen molar-refractivity contribution in [3.8, 4) is 5.75 Å². The molecular formula is C17H14BrN3O4. The molecule has 2 aromatic rings. The van der Waals surface area contributed by atoms with E-state index < -0.39 is 0 Å². The Balaban J connectivity index is 1.80. The Morgan fingerprint density at radius 1 is 1.24 bits per heavy atom. The third kappa shape index (κ3) is 3.85. The second-order valence-corrected chi connectivity index (χ2v) is 6.22. The second kappa shape index (κ2) is 7.02. The first kappa shape index (κ1) is 17.1. The summed E-state index contributed by atoms with van der Waals surface area (Å²) in [6, 6.07) is 9.88. The number of carbonyl (C=O) groups excluding carboxylic acids is 3. The van der Waals surface area contributed by atoms with Crippen LogP contribution in [0.2, 0.25) is 0 Å². The number of ketones is 1. The first-order valence-corrected chi connectivity index (χ1v) is 8.24. The molecule has 0 atom stereocenters. The van der Waals surface area contributed by atoms with Crippen molar-refractivity contribution in [2.45, 2.75) is 6.92 Å². The molecule has 1 aliphatic heterocycles. The predicted molar refractivity (Wildman–Crippen MR) is 94.9 cm³/mol. The van der Waals surface area contributed by atoms with Crippen molar-refractivity contribution in [2.24, 2.45) is 0 Å². The highest BCUT2D eigenvalue weighted by Gasteiger charge is 2.29. The maximum absolute atomic E-state index is 12.5. The third-order valence-corrected chi connectivity index (χ3v) is 3.98. The first-order chi connectivity index (χ1) is 11.9. The topological polar surface area (TPSA) is 88.6 Å². The van der Waals surface area contributed by atoms with Crippen LogP contribution in [-0.4, -0.2) is 35.7 Å². The van der Waals surface area contributed by atoms with Gasteiger partial charge in [0.15, 0.2) is 24.0 Å². The SMILES string of the molecule is CC(=O)Nc1ccc(C(=O)CN2C(=O)COc3ccc(Br)nc32)cc1. The quantitative estimate of drug-likeness (QED) is 0.625. The van der Waals surface area contributed by atoms with E-state index in [1.54, 1.807) is 36.4 Å². The fourth-order valence-electron chi connectivity index (χ4n) is 2.39. The summed E-state index contributed by atoms with van der Waals surface area (Å²) in [6.07, 6.45) is 0. The van der Waals surface area contributed by atoms with E-state index in [4.69, 9.17) is 4.74 Å². The molecule has 2 amide bonds. The molecule has 25 heavy (non-hydrogen) atoms. The Morgan fingerprint density at radius 3 is 2.64 bits per heavy atom. The Hall–Kier alpha value is -2.74. The van der Waals surface area contributed by atoms with Crippen molar-refractivity contribution in [3.05, 3.63) is 46.6 Å². The number of fused-ring (bicyclic) bond motifs is 1. The highest BCUT2D eigenvalue weighted by Crippen LogP contribution is 2.31. The average molecular weight is 404 g/mol. The monoisotopic (exact) mass is 403 g/mol. The van der Waals surface area contributed by atoms with Crippen LogP contribution in [0.15, 0.2) is 41.0 Å². The fraction of sp³-hybridized carbons (Fsp3) is 0.176. The van der Waals surface area contributed by atoms with E-state index in [1.807, 2.05) is 0 Å². The number of anilines is 2. The van der Waals surface area contributed by atoms with Gasteiger partial charge in [0, 0.05) is 18.2 Å². The van der Waals surface area contributed by atoms with Gasteiger partial charge in [-0.3, -0.25) is 19.3 Å². The number of halogens is 1. The molecule has 128 valence electrons. The number of rotatable bonds is 4.